The van der Waals surface area contributed by atoms with E-state index in [2.05, 4.69) is 6.07 Å². The lowest BCUT2D eigenvalue weighted by Crippen LogP contribution is -2.47. The van der Waals surface area contributed by atoms with E-state index in [9.17, 15) is 9.59 Å². The molecule has 0 bridgehead atoms. The molecule has 1 aromatic carbocycles. The summed E-state index contributed by atoms with van der Waals surface area (Å²) in [5, 5.41) is 0. The average Bonchev–Trinajstić information content (AvgIpc) is 2.36. The van der Waals surface area contributed by atoms with Crippen molar-refractivity contribution in [1.82, 2.24) is 4.90 Å². The third kappa shape index (κ3) is 2.10. The molecule has 0 aromatic heterocycles. The van der Waals surface area contributed by atoms with E-state index < -0.39 is 11.9 Å². The molecule has 1 aliphatic heterocycles. The Morgan fingerprint density at radius 2 is 2.22 bits per heavy atom. The van der Waals surface area contributed by atoms with E-state index in [0.717, 1.165) is 17.5 Å². The summed E-state index contributed by atoms with van der Waals surface area (Å²) in [6, 6.07) is 7.79. The second-order valence-electron chi connectivity index (χ2n) is 4.87. The van der Waals surface area contributed by atoms with Gasteiger partial charge in [0, 0.05) is 12.5 Å². The highest BCUT2D eigenvalue weighted by Gasteiger charge is 2.35. The van der Waals surface area contributed by atoms with Crippen molar-refractivity contribution in [3.05, 3.63) is 35.4 Å². The van der Waals surface area contributed by atoms with Crippen LogP contribution < -0.4 is 5.73 Å². The largest absolute Gasteiger partial charge is 0.368 e. The summed E-state index contributed by atoms with van der Waals surface area (Å²) >= 11 is 0. The van der Waals surface area contributed by atoms with Crippen LogP contribution in [0.25, 0.3) is 0 Å². The molecule has 4 nitrogen and oxygen atoms in total. The molecular formula is C14H17N2O2. The Morgan fingerprint density at radius 3 is 2.83 bits per heavy atom. The first-order valence-electron chi connectivity index (χ1n) is 6.11. The summed E-state index contributed by atoms with van der Waals surface area (Å²) in [4.78, 5) is 25.4. The molecule has 2 rings (SSSR count). The van der Waals surface area contributed by atoms with E-state index in [1.54, 1.807) is 11.0 Å². The van der Waals surface area contributed by atoms with Crippen LogP contribution in [0.5, 0.6) is 0 Å². The zero-order chi connectivity index (χ0) is 13.3. The van der Waals surface area contributed by atoms with Gasteiger partial charge < -0.3 is 10.6 Å². The van der Waals surface area contributed by atoms with Crippen molar-refractivity contribution >= 4 is 11.8 Å². The summed E-state index contributed by atoms with van der Waals surface area (Å²) in [6.07, 6.45) is 0.745. The van der Waals surface area contributed by atoms with E-state index >= 15 is 0 Å². The predicted molar refractivity (Wildman–Crippen MR) is 67.5 cm³/mol. The van der Waals surface area contributed by atoms with Gasteiger partial charge in [0.15, 0.2) is 0 Å². The minimum Gasteiger partial charge on any atom is -0.368 e. The average molecular weight is 245 g/mol. The number of amides is 2. The normalized spacial score (nSPS) is 18.6. The zero-order valence-corrected chi connectivity index (χ0v) is 10.6. The zero-order valence-electron chi connectivity index (χ0n) is 10.6. The van der Waals surface area contributed by atoms with Gasteiger partial charge in [-0.25, -0.2) is 0 Å². The summed E-state index contributed by atoms with van der Waals surface area (Å²) in [6.45, 7) is 4.19. The second kappa shape index (κ2) is 4.80. The highest BCUT2D eigenvalue weighted by atomic mass is 16.2. The number of carbonyl (C=O) groups is 2. The Labute approximate surface area is 107 Å². The van der Waals surface area contributed by atoms with E-state index in [4.69, 9.17) is 5.73 Å². The Kier molecular flexibility index (Phi) is 3.36. The van der Waals surface area contributed by atoms with Gasteiger partial charge in [-0.15, -0.1) is 0 Å². The fourth-order valence-corrected chi connectivity index (χ4v) is 2.37. The van der Waals surface area contributed by atoms with Crippen LogP contribution in [-0.4, -0.2) is 23.3 Å². The number of nitrogens with two attached hydrogens (primary N) is 1. The van der Waals surface area contributed by atoms with Crippen molar-refractivity contribution in [1.29, 1.82) is 0 Å². The van der Waals surface area contributed by atoms with E-state index in [1.165, 1.54) is 0 Å². The molecule has 0 spiro atoms. The number of hydrogen-bond donors (Lipinski definition) is 1. The maximum atomic E-state index is 12.1. The molecule has 1 aliphatic rings. The Bertz CT molecular complexity index is 482. The molecule has 2 N–H and O–H groups in total. The van der Waals surface area contributed by atoms with E-state index in [-0.39, 0.29) is 11.8 Å². The van der Waals surface area contributed by atoms with Crippen LogP contribution in [0.15, 0.2) is 18.2 Å². The number of rotatable bonds is 2. The maximum absolute atomic E-state index is 12.1. The lowest BCUT2D eigenvalue weighted by atomic mass is 9.91. The summed E-state index contributed by atoms with van der Waals surface area (Å²) in [5.74, 6) is -0.642. The molecule has 0 saturated carbocycles. The standard InChI is InChI=1S/C14H17N2O2/c1-9(2)14(18)16-8-7-10-5-3-4-6-11(10)12(16)13(15)17/h4-6,9,12H,7-8H2,1-2H3,(H2,15,17). The lowest BCUT2D eigenvalue weighted by molar-refractivity contribution is -0.142. The molecule has 0 fully saturated rings. The van der Waals surface area contributed by atoms with Gasteiger partial charge in [0.25, 0.3) is 0 Å². The van der Waals surface area contributed by atoms with Crippen LogP contribution in [0.2, 0.25) is 0 Å². The monoisotopic (exact) mass is 245 g/mol. The van der Waals surface area contributed by atoms with Crippen molar-refractivity contribution in [3.63, 3.8) is 0 Å². The molecule has 1 atom stereocenters. The van der Waals surface area contributed by atoms with Crippen molar-refractivity contribution in [2.75, 3.05) is 6.54 Å². The van der Waals surface area contributed by atoms with Gasteiger partial charge in [0.2, 0.25) is 11.8 Å². The fraction of sp³-hybridized carbons (Fsp3) is 0.429. The van der Waals surface area contributed by atoms with Gasteiger partial charge in [-0.2, -0.15) is 0 Å². The smallest absolute Gasteiger partial charge is 0.244 e. The molecule has 0 aliphatic carbocycles. The van der Waals surface area contributed by atoms with Gasteiger partial charge in [0.1, 0.15) is 6.04 Å². The van der Waals surface area contributed by atoms with Gasteiger partial charge in [-0.3, -0.25) is 9.59 Å². The number of fused-ring (bicyclic) bond motifs is 1. The van der Waals surface area contributed by atoms with Gasteiger partial charge >= 0.3 is 0 Å². The minimum atomic E-state index is -0.641. The van der Waals surface area contributed by atoms with E-state index in [1.807, 2.05) is 26.0 Å². The number of nitrogens with zero attached hydrogens (tertiary/aromatic N) is 1. The lowest BCUT2D eigenvalue weighted by Gasteiger charge is -2.36. The van der Waals surface area contributed by atoms with E-state index in [0.29, 0.717) is 6.54 Å². The van der Waals surface area contributed by atoms with Gasteiger partial charge in [-0.1, -0.05) is 32.0 Å². The van der Waals surface area contributed by atoms with Crippen molar-refractivity contribution in [3.8, 4) is 0 Å². The number of benzene rings is 1. The minimum absolute atomic E-state index is 0.0303. The van der Waals surface area contributed by atoms with Crippen LogP contribution in [0, 0.1) is 12.0 Å². The molecule has 4 heteroatoms. The summed E-state index contributed by atoms with van der Waals surface area (Å²) in [5.41, 5.74) is 7.35. The topological polar surface area (TPSA) is 63.4 Å². The molecule has 1 heterocycles. The molecule has 0 saturated heterocycles. The maximum Gasteiger partial charge on any atom is 0.244 e. The third-order valence-corrected chi connectivity index (χ3v) is 3.26. The summed E-state index contributed by atoms with van der Waals surface area (Å²) < 4.78 is 0. The Balaban J connectivity index is 2.42. The molecule has 2 amide bonds. The quantitative estimate of drug-likeness (QED) is 0.846. The second-order valence-corrected chi connectivity index (χ2v) is 4.87. The highest BCUT2D eigenvalue weighted by molar-refractivity contribution is 5.89. The molecule has 18 heavy (non-hydrogen) atoms. The SMILES string of the molecule is CC(C)C(=O)N1CCc2c[c]ccc2C1C(N)=O. The number of hydrogen-bond acceptors (Lipinski definition) is 2. The molecule has 1 unspecified atom stereocenters. The molecule has 1 aromatic rings. The first-order valence-corrected chi connectivity index (χ1v) is 6.11. The first kappa shape index (κ1) is 12.6. The predicted octanol–water partition coefficient (Wildman–Crippen LogP) is 1.05. The molecule has 1 radical (unpaired) electrons. The van der Waals surface area contributed by atoms with Gasteiger partial charge in [0.05, 0.1) is 0 Å². The van der Waals surface area contributed by atoms with Crippen molar-refractivity contribution in [2.45, 2.75) is 26.3 Å². The number of carbonyl (C=O) groups excluding carboxylic acids is 2. The van der Waals surface area contributed by atoms with Crippen LogP contribution in [0.4, 0.5) is 0 Å². The summed E-state index contributed by atoms with van der Waals surface area (Å²) in [7, 11) is 0. The van der Waals surface area contributed by atoms with Crippen molar-refractivity contribution < 1.29 is 9.59 Å². The van der Waals surface area contributed by atoms with Gasteiger partial charge in [-0.05, 0) is 23.6 Å². The van der Waals surface area contributed by atoms with Crippen molar-refractivity contribution in [2.24, 2.45) is 11.7 Å². The molecular weight excluding hydrogens is 228 g/mol. The van der Waals surface area contributed by atoms with Crippen LogP contribution >= 0.6 is 0 Å². The Morgan fingerprint density at radius 1 is 1.50 bits per heavy atom. The number of primary amides is 1. The van der Waals surface area contributed by atoms with Crippen LogP contribution in [0.1, 0.15) is 31.0 Å². The first-order chi connectivity index (χ1) is 8.52. The third-order valence-electron chi connectivity index (χ3n) is 3.26. The fourth-order valence-electron chi connectivity index (χ4n) is 2.37. The Hall–Kier alpha value is -1.84. The molecule has 95 valence electrons. The highest BCUT2D eigenvalue weighted by Crippen LogP contribution is 2.30. The van der Waals surface area contributed by atoms with Crippen LogP contribution in [-0.2, 0) is 16.0 Å². The van der Waals surface area contributed by atoms with Crippen LogP contribution in [0.3, 0.4) is 0 Å².